The number of hydrogen-bond donors (Lipinski definition) is 1. The molecule has 0 aliphatic rings. The molecule has 0 amide bonds. The number of ketones is 1. The minimum Gasteiger partial charge on any atom is -0.481 e. The average Bonchev–Trinajstić information content (AvgIpc) is 2.69. The monoisotopic (exact) mass is 263 g/mol. The summed E-state index contributed by atoms with van der Waals surface area (Å²) in [6.45, 7) is 1.80. The minimum atomic E-state index is -0.885. The van der Waals surface area contributed by atoms with Crippen LogP contribution in [0.25, 0.3) is 10.9 Å². The van der Waals surface area contributed by atoms with Gasteiger partial charge in [0.15, 0.2) is 5.78 Å². The lowest BCUT2D eigenvalue weighted by molar-refractivity contribution is -0.137. The molecule has 1 N–H and O–H groups in total. The van der Waals surface area contributed by atoms with Crippen molar-refractivity contribution in [1.82, 2.24) is 4.57 Å². The molecular weight excluding hydrogens is 249 g/mol. The van der Waals surface area contributed by atoms with Gasteiger partial charge in [-0.2, -0.15) is 0 Å². The van der Waals surface area contributed by atoms with Crippen LogP contribution in [0.15, 0.2) is 24.4 Å². The lowest BCUT2D eigenvalue weighted by Crippen LogP contribution is -2.01. The van der Waals surface area contributed by atoms with Gasteiger partial charge in [-0.1, -0.05) is 12.1 Å². The Balaban J connectivity index is 2.43. The summed E-state index contributed by atoms with van der Waals surface area (Å²) in [6.07, 6.45) is 2.01. The van der Waals surface area contributed by atoms with E-state index in [1.54, 1.807) is 22.9 Å². The topological polar surface area (TPSA) is 59.3 Å². The summed E-state index contributed by atoms with van der Waals surface area (Å²) >= 11 is 0. The number of fused-ring (bicyclic) bond motifs is 1. The summed E-state index contributed by atoms with van der Waals surface area (Å²) in [5.74, 6) is -1.42. The first-order valence-electron chi connectivity index (χ1n) is 6.01. The number of para-hydroxylation sites is 1. The molecule has 0 fully saturated rings. The van der Waals surface area contributed by atoms with Gasteiger partial charge in [0.05, 0.1) is 5.52 Å². The van der Waals surface area contributed by atoms with E-state index in [0.717, 1.165) is 0 Å². The quantitative estimate of drug-likeness (QED) is 0.844. The maximum absolute atomic E-state index is 13.9. The molecule has 0 spiro atoms. The van der Waals surface area contributed by atoms with Crippen LogP contribution in [0, 0.1) is 5.82 Å². The predicted molar refractivity (Wildman–Crippen MR) is 68.8 cm³/mol. The second-order valence-corrected chi connectivity index (χ2v) is 4.43. The highest BCUT2D eigenvalue weighted by Crippen LogP contribution is 2.24. The Morgan fingerprint density at radius 3 is 2.74 bits per heavy atom. The number of nitrogens with zero attached hydrogens (tertiary/aromatic N) is 1. The second-order valence-electron chi connectivity index (χ2n) is 4.43. The van der Waals surface area contributed by atoms with E-state index in [-0.39, 0.29) is 12.2 Å². The third-order valence-corrected chi connectivity index (χ3v) is 3.02. The van der Waals surface area contributed by atoms with Crippen molar-refractivity contribution in [2.24, 2.45) is 0 Å². The maximum atomic E-state index is 13.9. The van der Waals surface area contributed by atoms with Crippen LogP contribution < -0.4 is 0 Å². The summed E-state index contributed by atoms with van der Waals surface area (Å²) in [5.41, 5.74) is 0.822. The van der Waals surface area contributed by atoms with Crippen molar-refractivity contribution in [3.05, 3.63) is 35.8 Å². The van der Waals surface area contributed by atoms with Crippen LogP contribution in [-0.2, 0) is 11.3 Å². The van der Waals surface area contributed by atoms with Crippen molar-refractivity contribution < 1.29 is 19.1 Å². The SMILES string of the molecule is CC(=O)c1cn(CCCC(=O)O)c2c(F)cccc12. The third-order valence-electron chi connectivity index (χ3n) is 3.02. The van der Waals surface area contributed by atoms with E-state index in [1.165, 1.54) is 13.0 Å². The highest BCUT2D eigenvalue weighted by Gasteiger charge is 2.14. The summed E-state index contributed by atoms with van der Waals surface area (Å²) in [5, 5.41) is 9.19. The summed E-state index contributed by atoms with van der Waals surface area (Å²) in [4.78, 5) is 22.0. The van der Waals surface area contributed by atoms with Crippen LogP contribution in [0.3, 0.4) is 0 Å². The normalized spacial score (nSPS) is 10.8. The summed E-state index contributed by atoms with van der Waals surface area (Å²) < 4.78 is 15.5. The van der Waals surface area contributed by atoms with Crippen molar-refractivity contribution >= 4 is 22.7 Å². The fraction of sp³-hybridized carbons (Fsp3) is 0.286. The number of carbonyl (C=O) groups excluding carboxylic acids is 1. The first-order valence-corrected chi connectivity index (χ1v) is 6.01. The maximum Gasteiger partial charge on any atom is 0.303 e. The molecular formula is C14H14FNO3. The van der Waals surface area contributed by atoms with Gasteiger partial charge in [-0.3, -0.25) is 9.59 Å². The number of Topliss-reactive ketones (excluding diaryl/α,β-unsaturated/α-hetero) is 1. The highest BCUT2D eigenvalue weighted by atomic mass is 19.1. The van der Waals surface area contributed by atoms with Gasteiger partial charge in [0, 0.05) is 30.1 Å². The van der Waals surface area contributed by atoms with E-state index in [4.69, 9.17) is 5.11 Å². The molecule has 1 aromatic heterocycles. The molecule has 0 bridgehead atoms. The number of carbonyl (C=O) groups is 2. The Hall–Kier alpha value is -2.17. The molecule has 0 unspecified atom stereocenters. The number of carboxylic acids is 1. The number of halogens is 1. The van der Waals surface area contributed by atoms with Gasteiger partial charge in [0.2, 0.25) is 0 Å². The van der Waals surface area contributed by atoms with Gasteiger partial charge in [-0.15, -0.1) is 0 Å². The summed E-state index contributed by atoms with van der Waals surface area (Å²) in [7, 11) is 0. The molecule has 0 atom stereocenters. The Kier molecular flexibility index (Phi) is 3.64. The third kappa shape index (κ3) is 2.65. The molecule has 0 saturated heterocycles. The van der Waals surface area contributed by atoms with Crippen LogP contribution in [0.4, 0.5) is 4.39 Å². The number of aryl methyl sites for hydroxylation is 1. The largest absolute Gasteiger partial charge is 0.481 e. The first-order chi connectivity index (χ1) is 9.00. The van der Waals surface area contributed by atoms with E-state index in [0.29, 0.717) is 29.4 Å². The Morgan fingerprint density at radius 1 is 1.37 bits per heavy atom. The van der Waals surface area contributed by atoms with Crippen LogP contribution >= 0.6 is 0 Å². The smallest absolute Gasteiger partial charge is 0.303 e. The van der Waals surface area contributed by atoms with Crippen molar-refractivity contribution in [3.8, 4) is 0 Å². The van der Waals surface area contributed by atoms with E-state index >= 15 is 0 Å². The lowest BCUT2D eigenvalue weighted by atomic mass is 10.1. The van der Waals surface area contributed by atoms with Crippen molar-refractivity contribution in [2.75, 3.05) is 0 Å². The molecule has 0 aliphatic heterocycles. The van der Waals surface area contributed by atoms with Crippen LogP contribution in [0.5, 0.6) is 0 Å². The van der Waals surface area contributed by atoms with Crippen LogP contribution in [0.2, 0.25) is 0 Å². The molecule has 5 heteroatoms. The Labute approximate surface area is 109 Å². The number of hydrogen-bond acceptors (Lipinski definition) is 2. The number of aliphatic carboxylic acids is 1. The van der Waals surface area contributed by atoms with Gasteiger partial charge >= 0.3 is 5.97 Å². The lowest BCUT2D eigenvalue weighted by Gasteiger charge is -2.04. The van der Waals surface area contributed by atoms with Gasteiger partial charge in [0.25, 0.3) is 0 Å². The number of carboxylic acid groups (broad SMARTS) is 1. The molecule has 1 aromatic carbocycles. The van der Waals surface area contributed by atoms with Crippen molar-refractivity contribution in [3.63, 3.8) is 0 Å². The molecule has 0 radical (unpaired) electrons. The number of benzene rings is 1. The zero-order valence-electron chi connectivity index (χ0n) is 10.5. The summed E-state index contributed by atoms with van der Waals surface area (Å²) in [6, 6.07) is 4.59. The second kappa shape index (κ2) is 5.22. The van der Waals surface area contributed by atoms with Crippen molar-refractivity contribution in [1.29, 1.82) is 0 Å². The minimum absolute atomic E-state index is 0.0174. The van der Waals surface area contributed by atoms with Crippen LogP contribution in [0.1, 0.15) is 30.1 Å². The van der Waals surface area contributed by atoms with Crippen LogP contribution in [-0.4, -0.2) is 21.4 Å². The molecule has 1 heterocycles. The molecule has 4 nitrogen and oxygen atoms in total. The predicted octanol–water partition coefficient (Wildman–Crippen LogP) is 2.85. The van der Waals surface area contributed by atoms with E-state index < -0.39 is 11.8 Å². The Morgan fingerprint density at radius 2 is 2.11 bits per heavy atom. The van der Waals surface area contributed by atoms with Gasteiger partial charge < -0.3 is 9.67 Å². The van der Waals surface area contributed by atoms with E-state index in [1.807, 2.05) is 0 Å². The number of rotatable bonds is 5. The Bertz CT molecular complexity index is 645. The zero-order chi connectivity index (χ0) is 14.0. The van der Waals surface area contributed by atoms with E-state index in [9.17, 15) is 14.0 Å². The molecule has 100 valence electrons. The van der Waals surface area contributed by atoms with E-state index in [2.05, 4.69) is 0 Å². The molecule has 2 aromatic rings. The molecule has 2 rings (SSSR count). The van der Waals surface area contributed by atoms with Gasteiger partial charge in [0.1, 0.15) is 5.82 Å². The first kappa shape index (κ1) is 13.3. The zero-order valence-corrected chi connectivity index (χ0v) is 10.5. The standard InChI is InChI=1S/C14H14FNO3/c1-9(17)11-8-16(7-3-6-13(18)19)14-10(11)4-2-5-12(14)15/h2,4-5,8H,3,6-7H2,1H3,(H,18,19). The fourth-order valence-corrected chi connectivity index (χ4v) is 2.17. The average molecular weight is 263 g/mol. The highest BCUT2D eigenvalue weighted by molar-refractivity contribution is 6.07. The molecule has 0 aliphatic carbocycles. The van der Waals surface area contributed by atoms with Gasteiger partial charge in [-0.05, 0) is 19.4 Å². The molecule has 19 heavy (non-hydrogen) atoms. The van der Waals surface area contributed by atoms with Gasteiger partial charge in [-0.25, -0.2) is 4.39 Å². The molecule has 0 saturated carbocycles. The number of aromatic nitrogens is 1. The van der Waals surface area contributed by atoms with Crippen molar-refractivity contribution in [2.45, 2.75) is 26.3 Å². The fourth-order valence-electron chi connectivity index (χ4n) is 2.17.